The lowest BCUT2D eigenvalue weighted by molar-refractivity contribution is 0.502. The van der Waals surface area contributed by atoms with Gasteiger partial charge in [-0.1, -0.05) is 19.9 Å². The van der Waals surface area contributed by atoms with Crippen LogP contribution in [0.25, 0.3) is 11.0 Å². The largest absolute Gasteiger partial charge is 0.459 e. The smallest absolute Gasteiger partial charge is 0.140 e. The summed E-state index contributed by atoms with van der Waals surface area (Å²) in [6.07, 6.45) is 2.48. The van der Waals surface area contributed by atoms with Crippen molar-refractivity contribution in [2.75, 3.05) is 0 Å². The fourth-order valence-corrected chi connectivity index (χ4v) is 2.63. The van der Waals surface area contributed by atoms with Crippen molar-refractivity contribution in [3.8, 4) is 0 Å². The SMILES string of the molecule is Cc1ccc(F)c2c(C(C)C)c(CNC3CC3)oc12. The predicted octanol–water partition coefficient (Wildman–Crippen LogP) is 4.26. The fraction of sp³-hybridized carbons (Fsp3) is 0.500. The summed E-state index contributed by atoms with van der Waals surface area (Å²) in [6.45, 7) is 6.85. The molecule has 2 nitrogen and oxygen atoms in total. The van der Waals surface area contributed by atoms with E-state index in [0.29, 0.717) is 23.6 Å². The summed E-state index contributed by atoms with van der Waals surface area (Å²) in [4.78, 5) is 0. The van der Waals surface area contributed by atoms with Crippen molar-refractivity contribution in [1.82, 2.24) is 5.32 Å². The van der Waals surface area contributed by atoms with Crippen molar-refractivity contribution < 1.29 is 8.81 Å². The van der Waals surface area contributed by atoms with Crippen molar-refractivity contribution in [2.24, 2.45) is 0 Å². The van der Waals surface area contributed by atoms with Crippen molar-refractivity contribution in [3.63, 3.8) is 0 Å². The summed E-state index contributed by atoms with van der Waals surface area (Å²) in [7, 11) is 0. The number of furan rings is 1. The molecule has 0 spiro atoms. The maximum Gasteiger partial charge on any atom is 0.140 e. The molecule has 1 heterocycles. The van der Waals surface area contributed by atoms with E-state index in [2.05, 4.69) is 19.2 Å². The van der Waals surface area contributed by atoms with E-state index in [1.165, 1.54) is 18.9 Å². The second kappa shape index (κ2) is 4.64. The first-order chi connectivity index (χ1) is 9.08. The lowest BCUT2D eigenvalue weighted by atomic mass is 9.98. The molecular formula is C16H20FNO. The Morgan fingerprint density at radius 3 is 2.74 bits per heavy atom. The zero-order valence-electron chi connectivity index (χ0n) is 11.7. The third kappa shape index (κ3) is 2.27. The summed E-state index contributed by atoms with van der Waals surface area (Å²) in [6, 6.07) is 3.94. The summed E-state index contributed by atoms with van der Waals surface area (Å²) >= 11 is 0. The minimum absolute atomic E-state index is 0.175. The number of hydrogen-bond acceptors (Lipinski definition) is 2. The number of benzene rings is 1. The molecular weight excluding hydrogens is 241 g/mol. The first-order valence-electron chi connectivity index (χ1n) is 7.01. The molecule has 0 saturated heterocycles. The van der Waals surface area contributed by atoms with Gasteiger partial charge in [0, 0.05) is 11.6 Å². The molecule has 2 aromatic rings. The van der Waals surface area contributed by atoms with E-state index >= 15 is 0 Å². The van der Waals surface area contributed by atoms with Gasteiger partial charge in [-0.15, -0.1) is 0 Å². The summed E-state index contributed by atoms with van der Waals surface area (Å²) in [5, 5.41) is 4.12. The van der Waals surface area contributed by atoms with Crippen LogP contribution in [0.3, 0.4) is 0 Å². The number of hydrogen-bond donors (Lipinski definition) is 1. The van der Waals surface area contributed by atoms with Crippen LogP contribution in [0.2, 0.25) is 0 Å². The Morgan fingerprint density at radius 1 is 1.37 bits per heavy atom. The van der Waals surface area contributed by atoms with Gasteiger partial charge in [0.2, 0.25) is 0 Å². The summed E-state index contributed by atoms with van der Waals surface area (Å²) < 4.78 is 20.1. The van der Waals surface area contributed by atoms with Crippen molar-refractivity contribution in [3.05, 3.63) is 34.8 Å². The van der Waals surface area contributed by atoms with Gasteiger partial charge >= 0.3 is 0 Å². The Balaban J connectivity index is 2.11. The highest BCUT2D eigenvalue weighted by atomic mass is 19.1. The predicted molar refractivity (Wildman–Crippen MR) is 74.9 cm³/mol. The van der Waals surface area contributed by atoms with Gasteiger partial charge in [-0.05, 0) is 37.3 Å². The first kappa shape index (κ1) is 12.7. The highest BCUT2D eigenvalue weighted by molar-refractivity contribution is 5.86. The topological polar surface area (TPSA) is 25.2 Å². The molecule has 102 valence electrons. The van der Waals surface area contributed by atoms with E-state index in [1.807, 2.05) is 6.92 Å². The minimum Gasteiger partial charge on any atom is -0.459 e. The summed E-state index contributed by atoms with van der Waals surface area (Å²) in [5.74, 6) is 0.976. The van der Waals surface area contributed by atoms with Crippen LogP contribution in [0.4, 0.5) is 4.39 Å². The molecule has 1 aliphatic carbocycles. The number of nitrogens with one attached hydrogen (secondary N) is 1. The Kier molecular flexibility index (Phi) is 3.09. The number of aryl methyl sites for hydroxylation is 1. The lowest BCUT2D eigenvalue weighted by Gasteiger charge is -2.07. The van der Waals surface area contributed by atoms with Gasteiger partial charge in [-0.25, -0.2) is 4.39 Å². The van der Waals surface area contributed by atoms with E-state index in [-0.39, 0.29) is 11.7 Å². The van der Waals surface area contributed by atoms with Gasteiger partial charge in [0.15, 0.2) is 0 Å². The number of fused-ring (bicyclic) bond motifs is 1. The van der Waals surface area contributed by atoms with Crippen LogP contribution >= 0.6 is 0 Å². The molecule has 19 heavy (non-hydrogen) atoms. The van der Waals surface area contributed by atoms with Crippen molar-refractivity contribution in [1.29, 1.82) is 0 Å². The molecule has 0 atom stereocenters. The Morgan fingerprint density at radius 2 is 2.11 bits per heavy atom. The van der Waals surface area contributed by atoms with Crippen molar-refractivity contribution in [2.45, 2.75) is 52.1 Å². The molecule has 1 saturated carbocycles. The molecule has 1 aromatic carbocycles. The van der Waals surface area contributed by atoms with Crippen LogP contribution < -0.4 is 5.32 Å². The normalized spacial score (nSPS) is 15.6. The quantitative estimate of drug-likeness (QED) is 0.889. The monoisotopic (exact) mass is 261 g/mol. The third-order valence-electron chi connectivity index (χ3n) is 3.80. The number of halogens is 1. The van der Waals surface area contributed by atoms with E-state index in [4.69, 9.17) is 4.42 Å². The van der Waals surface area contributed by atoms with Gasteiger partial charge in [0.05, 0.1) is 11.9 Å². The molecule has 0 bridgehead atoms. The molecule has 3 heteroatoms. The average molecular weight is 261 g/mol. The van der Waals surface area contributed by atoms with E-state index in [9.17, 15) is 4.39 Å². The van der Waals surface area contributed by atoms with E-state index in [1.54, 1.807) is 6.07 Å². The maximum absolute atomic E-state index is 14.1. The van der Waals surface area contributed by atoms with Crippen LogP contribution in [-0.2, 0) is 6.54 Å². The molecule has 1 aromatic heterocycles. The molecule has 1 N–H and O–H groups in total. The van der Waals surface area contributed by atoms with Crippen molar-refractivity contribution >= 4 is 11.0 Å². The van der Waals surface area contributed by atoms with Crippen LogP contribution in [-0.4, -0.2) is 6.04 Å². The molecule has 3 rings (SSSR count). The van der Waals surface area contributed by atoms with Crippen LogP contribution in [0.5, 0.6) is 0 Å². The maximum atomic E-state index is 14.1. The molecule has 1 aliphatic rings. The molecule has 1 fully saturated rings. The zero-order valence-corrected chi connectivity index (χ0v) is 11.7. The molecule has 0 amide bonds. The highest BCUT2D eigenvalue weighted by Gasteiger charge is 2.24. The van der Waals surface area contributed by atoms with Crippen LogP contribution in [0, 0.1) is 12.7 Å². The second-order valence-corrected chi connectivity index (χ2v) is 5.82. The van der Waals surface area contributed by atoms with Gasteiger partial charge in [-0.2, -0.15) is 0 Å². The van der Waals surface area contributed by atoms with Crippen LogP contribution in [0.15, 0.2) is 16.5 Å². The van der Waals surface area contributed by atoms with Gasteiger partial charge in [0.25, 0.3) is 0 Å². The molecule has 0 unspecified atom stereocenters. The lowest BCUT2D eigenvalue weighted by Crippen LogP contribution is -2.16. The molecule has 0 aliphatic heterocycles. The molecule has 0 radical (unpaired) electrons. The standard InChI is InChI=1S/C16H20FNO/c1-9(2)14-13(8-18-11-5-6-11)19-16-10(3)4-7-12(17)15(14)16/h4,7,9,11,18H,5-6,8H2,1-3H3. The summed E-state index contributed by atoms with van der Waals surface area (Å²) in [5.41, 5.74) is 2.72. The Labute approximate surface area is 113 Å². The third-order valence-corrected chi connectivity index (χ3v) is 3.80. The zero-order chi connectivity index (χ0) is 13.6. The Hall–Kier alpha value is -1.35. The fourth-order valence-electron chi connectivity index (χ4n) is 2.63. The van der Waals surface area contributed by atoms with E-state index < -0.39 is 0 Å². The van der Waals surface area contributed by atoms with Crippen LogP contribution in [0.1, 0.15) is 49.5 Å². The minimum atomic E-state index is -0.175. The second-order valence-electron chi connectivity index (χ2n) is 5.82. The van der Waals surface area contributed by atoms with Gasteiger partial charge < -0.3 is 9.73 Å². The average Bonchev–Trinajstić information content (AvgIpc) is 3.10. The number of rotatable bonds is 4. The van der Waals surface area contributed by atoms with Gasteiger partial charge in [-0.3, -0.25) is 0 Å². The first-order valence-corrected chi connectivity index (χ1v) is 7.01. The Bertz CT molecular complexity index is 611. The van der Waals surface area contributed by atoms with Gasteiger partial charge in [0.1, 0.15) is 17.2 Å². The van der Waals surface area contributed by atoms with E-state index in [0.717, 1.165) is 16.9 Å². The highest BCUT2D eigenvalue weighted by Crippen LogP contribution is 2.35.